The molecule has 0 unspecified atom stereocenters. The van der Waals surface area contributed by atoms with Crippen molar-refractivity contribution in [3.05, 3.63) is 71.2 Å². The minimum Gasteiger partial charge on any atom is -0.318 e. The number of nitrogens with one attached hydrogen (secondary N) is 1. The van der Waals surface area contributed by atoms with Crippen molar-refractivity contribution in [1.82, 2.24) is 9.88 Å². The van der Waals surface area contributed by atoms with E-state index >= 15 is 0 Å². The van der Waals surface area contributed by atoms with Gasteiger partial charge in [-0.1, -0.05) is 30.3 Å². The number of alkyl halides is 3. The third-order valence-corrected chi connectivity index (χ3v) is 6.65. The van der Waals surface area contributed by atoms with Gasteiger partial charge in [-0.3, -0.25) is 0 Å². The maximum atomic E-state index is 13.3. The molecule has 1 heterocycles. The van der Waals surface area contributed by atoms with Crippen LogP contribution in [0.15, 0.2) is 60.1 Å². The Morgan fingerprint density at radius 3 is 2.47 bits per heavy atom. The maximum Gasteiger partial charge on any atom is 0.398 e. The van der Waals surface area contributed by atoms with Gasteiger partial charge in [-0.05, 0) is 56.0 Å². The molecule has 168 valence electrons. The lowest BCUT2D eigenvalue weighted by Crippen LogP contribution is -2.39. The van der Waals surface area contributed by atoms with Crippen molar-refractivity contribution in [2.24, 2.45) is 0 Å². The monoisotopic (exact) mass is 459 g/mol. The fraction of sp³-hybridized carbons (Fsp3) is 0.333. The van der Waals surface area contributed by atoms with E-state index < -0.39 is 11.6 Å². The number of thiazole rings is 1. The summed E-state index contributed by atoms with van der Waals surface area (Å²) in [6.07, 6.45) is -2.27. The van der Waals surface area contributed by atoms with Crippen LogP contribution in [0, 0.1) is 0 Å². The van der Waals surface area contributed by atoms with Gasteiger partial charge in [0.1, 0.15) is 5.01 Å². The second kappa shape index (κ2) is 8.58. The molecule has 1 aromatic heterocycles. The number of benzene rings is 2. The highest BCUT2D eigenvalue weighted by atomic mass is 32.1. The number of nitrogens with zero attached hydrogens (tertiary/aromatic N) is 2. The number of aromatic nitrogens is 1. The van der Waals surface area contributed by atoms with Crippen LogP contribution in [0.2, 0.25) is 0 Å². The Morgan fingerprint density at radius 1 is 1.19 bits per heavy atom. The van der Waals surface area contributed by atoms with Crippen LogP contribution >= 0.6 is 11.3 Å². The molecule has 4 nitrogen and oxygen atoms in total. The zero-order valence-corrected chi connectivity index (χ0v) is 18.6. The Bertz CT molecular complexity index is 1070. The second-order valence-corrected chi connectivity index (χ2v) is 9.24. The lowest BCUT2D eigenvalue weighted by atomic mass is 9.95. The normalized spacial score (nSPS) is 14.9. The molecule has 4 rings (SSSR count). The molecular weight excluding hydrogens is 435 g/mol. The fourth-order valence-electron chi connectivity index (χ4n) is 3.78. The summed E-state index contributed by atoms with van der Waals surface area (Å²) in [5, 5.41) is 5.65. The van der Waals surface area contributed by atoms with E-state index in [1.54, 1.807) is 34.6 Å². The summed E-state index contributed by atoms with van der Waals surface area (Å²) < 4.78 is 40.0. The van der Waals surface area contributed by atoms with Gasteiger partial charge in [-0.2, -0.15) is 13.2 Å². The highest BCUT2D eigenvalue weighted by molar-refractivity contribution is 7.13. The highest BCUT2D eigenvalue weighted by Gasteiger charge is 2.64. The molecule has 1 saturated carbocycles. The van der Waals surface area contributed by atoms with Crippen LogP contribution in [0.25, 0.3) is 10.6 Å². The number of amides is 2. The molecule has 0 bridgehead atoms. The van der Waals surface area contributed by atoms with Crippen molar-refractivity contribution in [3.8, 4) is 10.6 Å². The van der Waals surface area contributed by atoms with E-state index in [1.165, 1.54) is 12.1 Å². The van der Waals surface area contributed by atoms with Crippen LogP contribution in [0.1, 0.15) is 37.8 Å². The largest absolute Gasteiger partial charge is 0.398 e. The minimum atomic E-state index is -4.25. The van der Waals surface area contributed by atoms with E-state index in [9.17, 15) is 18.0 Å². The highest BCUT2D eigenvalue weighted by Crippen LogP contribution is 2.58. The molecule has 2 amide bonds. The van der Waals surface area contributed by atoms with E-state index in [4.69, 9.17) is 0 Å². The number of carbonyl (C=O) groups is 1. The van der Waals surface area contributed by atoms with Crippen LogP contribution in [0.3, 0.4) is 0 Å². The minimum absolute atomic E-state index is 0.0715. The molecule has 1 aliphatic rings. The van der Waals surface area contributed by atoms with E-state index in [0.29, 0.717) is 12.2 Å². The molecule has 0 saturated heterocycles. The van der Waals surface area contributed by atoms with E-state index in [1.807, 2.05) is 43.5 Å². The first kappa shape index (κ1) is 22.3. The Kier molecular flexibility index (Phi) is 5.99. The predicted molar refractivity (Wildman–Crippen MR) is 121 cm³/mol. The number of urea groups is 1. The van der Waals surface area contributed by atoms with Gasteiger partial charge >= 0.3 is 12.2 Å². The van der Waals surface area contributed by atoms with Crippen molar-refractivity contribution in [2.45, 2.75) is 50.9 Å². The Morgan fingerprint density at radius 2 is 1.91 bits per heavy atom. The van der Waals surface area contributed by atoms with Crippen LogP contribution in [-0.2, 0) is 12.0 Å². The van der Waals surface area contributed by atoms with Gasteiger partial charge in [-0.15, -0.1) is 11.3 Å². The van der Waals surface area contributed by atoms with Gasteiger partial charge in [0.15, 0.2) is 0 Å². The quantitative estimate of drug-likeness (QED) is 0.438. The smallest absolute Gasteiger partial charge is 0.318 e. The van der Waals surface area contributed by atoms with Gasteiger partial charge in [0.05, 0.1) is 5.41 Å². The summed E-state index contributed by atoms with van der Waals surface area (Å²) in [7, 11) is 0. The van der Waals surface area contributed by atoms with Gasteiger partial charge < -0.3 is 10.2 Å². The zero-order chi connectivity index (χ0) is 22.9. The van der Waals surface area contributed by atoms with Crippen molar-refractivity contribution in [1.29, 1.82) is 0 Å². The summed E-state index contributed by atoms with van der Waals surface area (Å²) >= 11 is 1.55. The average Bonchev–Trinajstić information content (AvgIpc) is 3.40. The van der Waals surface area contributed by atoms with Crippen LogP contribution < -0.4 is 5.32 Å². The number of hydrogen-bond donors (Lipinski definition) is 1. The summed E-state index contributed by atoms with van der Waals surface area (Å²) in [6, 6.07) is 13.5. The molecule has 8 heteroatoms. The first-order chi connectivity index (χ1) is 15.2. The lowest BCUT2D eigenvalue weighted by Gasteiger charge is -2.27. The Labute approximate surface area is 189 Å². The van der Waals surface area contributed by atoms with E-state index in [-0.39, 0.29) is 30.5 Å². The van der Waals surface area contributed by atoms with Gasteiger partial charge in [-0.25, -0.2) is 9.78 Å². The van der Waals surface area contributed by atoms with Gasteiger partial charge in [0, 0.05) is 35.4 Å². The van der Waals surface area contributed by atoms with Crippen LogP contribution in [0.4, 0.5) is 23.7 Å². The van der Waals surface area contributed by atoms with Crippen molar-refractivity contribution in [2.75, 3.05) is 5.32 Å². The third-order valence-electron chi connectivity index (χ3n) is 5.82. The molecule has 1 N–H and O–H groups in total. The number of anilines is 1. The van der Waals surface area contributed by atoms with Crippen molar-refractivity contribution >= 4 is 23.1 Å². The van der Waals surface area contributed by atoms with Gasteiger partial charge in [0.2, 0.25) is 0 Å². The van der Waals surface area contributed by atoms with E-state index in [0.717, 1.165) is 16.1 Å². The second-order valence-electron chi connectivity index (χ2n) is 8.35. The molecule has 1 aliphatic carbocycles. The zero-order valence-electron chi connectivity index (χ0n) is 17.8. The molecule has 0 radical (unpaired) electrons. The molecule has 1 fully saturated rings. The van der Waals surface area contributed by atoms with Crippen molar-refractivity contribution < 1.29 is 18.0 Å². The Hall–Kier alpha value is -2.87. The number of hydrogen-bond acceptors (Lipinski definition) is 3. The average molecular weight is 460 g/mol. The van der Waals surface area contributed by atoms with Crippen LogP contribution in [0.5, 0.6) is 0 Å². The Balaban J connectivity index is 1.46. The molecule has 0 spiro atoms. The SMILES string of the molecule is CC(C)N(Cc1cccc(-c2nccs2)c1)C(=O)Nc1ccc(C2(C(F)(F)F)CC2)cc1. The van der Waals surface area contributed by atoms with Crippen LogP contribution in [-0.4, -0.2) is 28.1 Å². The molecule has 3 aromatic rings. The molecule has 0 aliphatic heterocycles. The topological polar surface area (TPSA) is 45.2 Å². The molecule has 32 heavy (non-hydrogen) atoms. The van der Waals surface area contributed by atoms with E-state index in [2.05, 4.69) is 10.3 Å². The fourth-order valence-corrected chi connectivity index (χ4v) is 4.42. The summed E-state index contributed by atoms with van der Waals surface area (Å²) in [5.41, 5.74) is 0.970. The number of halogens is 3. The lowest BCUT2D eigenvalue weighted by molar-refractivity contribution is -0.160. The molecule has 2 aromatic carbocycles. The number of rotatable bonds is 6. The molecule has 0 atom stereocenters. The summed E-state index contributed by atoms with van der Waals surface area (Å²) in [5.74, 6) is 0. The third kappa shape index (κ3) is 4.50. The van der Waals surface area contributed by atoms with Crippen molar-refractivity contribution in [3.63, 3.8) is 0 Å². The number of carbonyl (C=O) groups excluding carboxylic acids is 1. The molecular formula is C24H24F3N3OS. The first-order valence-electron chi connectivity index (χ1n) is 10.4. The van der Waals surface area contributed by atoms with Gasteiger partial charge in [0.25, 0.3) is 0 Å². The predicted octanol–water partition coefficient (Wildman–Crippen LogP) is 6.85. The maximum absolute atomic E-state index is 13.3. The summed E-state index contributed by atoms with van der Waals surface area (Å²) in [6.45, 7) is 4.25. The summed E-state index contributed by atoms with van der Waals surface area (Å²) in [4.78, 5) is 19.0. The first-order valence-corrected chi connectivity index (χ1v) is 11.3. The standard InChI is InChI=1S/C24H24F3N3OS/c1-16(2)30(15-17-4-3-5-18(14-17)21-28-12-13-32-21)22(31)29-20-8-6-19(7-9-20)23(10-11-23)24(25,26)27/h3-9,12-14,16H,10-11,15H2,1-2H3,(H,29,31).